The van der Waals surface area contributed by atoms with E-state index in [0.29, 0.717) is 11.8 Å². The number of hydrogen-bond acceptors (Lipinski definition) is 3. The van der Waals surface area contributed by atoms with E-state index in [9.17, 15) is 0 Å². The molecule has 80 valence electrons. The lowest BCUT2D eigenvalue weighted by atomic mass is 10.0. The summed E-state index contributed by atoms with van der Waals surface area (Å²) in [5.41, 5.74) is 0. The Hall–Kier alpha value is 0.0969. The van der Waals surface area contributed by atoms with Crippen molar-refractivity contribution in [2.75, 3.05) is 21.3 Å². The molecule has 0 rings (SSSR count). The molecule has 0 aromatic carbocycles. The summed E-state index contributed by atoms with van der Waals surface area (Å²) < 4.78 is 16.1. The molecule has 0 aliphatic heterocycles. The van der Waals surface area contributed by atoms with Gasteiger partial charge in [0.25, 0.3) is 0 Å². The quantitative estimate of drug-likeness (QED) is 0.623. The van der Waals surface area contributed by atoms with Gasteiger partial charge in [0.05, 0.1) is 0 Å². The highest BCUT2D eigenvalue weighted by Gasteiger charge is 2.39. The van der Waals surface area contributed by atoms with Crippen LogP contribution in [0.2, 0.25) is 6.04 Å². The van der Waals surface area contributed by atoms with E-state index in [1.165, 1.54) is 0 Å². The Bertz CT molecular complexity index is 127. The molecule has 4 heteroatoms. The highest BCUT2D eigenvalue weighted by molar-refractivity contribution is 6.60. The zero-order valence-corrected chi connectivity index (χ0v) is 10.6. The van der Waals surface area contributed by atoms with Gasteiger partial charge in [0.2, 0.25) is 0 Å². The van der Waals surface area contributed by atoms with E-state index in [-0.39, 0.29) is 0 Å². The normalized spacial score (nSPS) is 15.0. The van der Waals surface area contributed by atoms with Gasteiger partial charge in [-0.2, -0.15) is 0 Å². The lowest BCUT2D eigenvalue weighted by Crippen LogP contribution is -2.44. The molecule has 0 N–H and O–H groups in total. The van der Waals surface area contributed by atoms with Crippen molar-refractivity contribution in [1.29, 1.82) is 0 Å². The molecule has 13 heavy (non-hydrogen) atoms. The lowest BCUT2D eigenvalue weighted by Gasteiger charge is -2.28. The van der Waals surface area contributed by atoms with Crippen LogP contribution in [0.3, 0.4) is 0 Å². The fraction of sp³-hybridized carbons (Fsp3) is 1.00. The first-order valence-electron chi connectivity index (χ1n) is 4.66. The molecular formula is C9H22O3Si. The van der Waals surface area contributed by atoms with Crippen molar-refractivity contribution in [2.45, 2.75) is 26.8 Å². The second-order valence-electron chi connectivity index (χ2n) is 3.72. The topological polar surface area (TPSA) is 27.7 Å². The standard InChI is InChI=1S/C9H22O3Si/c1-8(2)9(3)7-13(10-4,11-5)12-6/h8-9H,7H2,1-6H3. The zero-order chi connectivity index (χ0) is 10.5. The van der Waals surface area contributed by atoms with Crippen molar-refractivity contribution in [3.8, 4) is 0 Å². The van der Waals surface area contributed by atoms with Crippen molar-refractivity contribution in [3.05, 3.63) is 0 Å². The predicted molar refractivity (Wildman–Crippen MR) is 55.6 cm³/mol. The third-order valence-corrected chi connectivity index (χ3v) is 5.65. The summed E-state index contributed by atoms with van der Waals surface area (Å²) in [6.45, 7) is 6.60. The van der Waals surface area contributed by atoms with E-state index < -0.39 is 8.80 Å². The molecule has 0 heterocycles. The molecule has 1 atom stereocenters. The van der Waals surface area contributed by atoms with Gasteiger partial charge in [-0.3, -0.25) is 0 Å². The van der Waals surface area contributed by atoms with Gasteiger partial charge in [-0.05, 0) is 11.8 Å². The minimum absolute atomic E-state index is 0.562. The second-order valence-corrected chi connectivity index (χ2v) is 6.72. The van der Waals surface area contributed by atoms with E-state index in [2.05, 4.69) is 20.8 Å². The third kappa shape index (κ3) is 3.77. The summed E-state index contributed by atoms with van der Waals surface area (Å²) in [5.74, 6) is 1.19. The van der Waals surface area contributed by atoms with Crippen LogP contribution in [0.25, 0.3) is 0 Å². The predicted octanol–water partition coefficient (Wildman–Crippen LogP) is 2.16. The maximum atomic E-state index is 5.35. The molecule has 0 aliphatic rings. The van der Waals surface area contributed by atoms with E-state index in [1.807, 2.05) is 0 Å². The fourth-order valence-corrected chi connectivity index (χ4v) is 3.39. The highest BCUT2D eigenvalue weighted by atomic mass is 28.4. The maximum absolute atomic E-state index is 5.35. The smallest absolute Gasteiger partial charge is 0.377 e. The Kier molecular flexibility index (Phi) is 5.79. The summed E-state index contributed by atoms with van der Waals surface area (Å²) in [4.78, 5) is 0. The first kappa shape index (κ1) is 13.1. The molecule has 0 saturated carbocycles. The SMILES string of the molecule is CO[Si](CC(C)C(C)C)(OC)OC. The van der Waals surface area contributed by atoms with Crippen LogP contribution in [0.4, 0.5) is 0 Å². The van der Waals surface area contributed by atoms with Crippen LogP contribution in [-0.2, 0) is 13.3 Å². The Balaban J connectivity index is 4.24. The number of hydrogen-bond donors (Lipinski definition) is 0. The Morgan fingerprint density at radius 2 is 1.31 bits per heavy atom. The molecule has 0 fully saturated rings. The minimum Gasteiger partial charge on any atom is -0.377 e. The van der Waals surface area contributed by atoms with Crippen molar-refractivity contribution in [2.24, 2.45) is 11.8 Å². The fourth-order valence-electron chi connectivity index (χ4n) is 1.13. The van der Waals surface area contributed by atoms with Crippen molar-refractivity contribution >= 4 is 8.80 Å². The first-order chi connectivity index (χ1) is 6.01. The molecule has 0 aromatic heterocycles. The van der Waals surface area contributed by atoms with Gasteiger partial charge in [-0.1, -0.05) is 20.8 Å². The van der Waals surface area contributed by atoms with Gasteiger partial charge in [-0.15, -0.1) is 0 Å². The van der Waals surface area contributed by atoms with Gasteiger partial charge in [0.15, 0.2) is 0 Å². The van der Waals surface area contributed by atoms with Crippen LogP contribution >= 0.6 is 0 Å². The Labute approximate surface area is 82.8 Å². The summed E-state index contributed by atoms with van der Waals surface area (Å²) in [6.07, 6.45) is 0. The van der Waals surface area contributed by atoms with Gasteiger partial charge in [0.1, 0.15) is 0 Å². The molecular weight excluding hydrogens is 184 g/mol. The maximum Gasteiger partial charge on any atom is 0.500 e. The molecule has 0 spiro atoms. The molecule has 0 amide bonds. The van der Waals surface area contributed by atoms with E-state index >= 15 is 0 Å². The van der Waals surface area contributed by atoms with Crippen LogP contribution in [0, 0.1) is 11.8 Å². The molecule has 0 bridgehead atoms. The van der Waals surface area contributed by atoms with E-state index in [0.717, 1.165) is 6.04 Å². The average molecular weight is 206 g/mol. The van der Waals surface area contributed by atoms with Gasteiger partial charge >= 0.3 is 8.80 Å². The lowest BCUT2D eigenvalue weighted by molar-refractivity contribution is 0.116. The monoisotopic (exact) mass is 206 g/mol. The van der Waals surface area contributed by atoms with Gasteiger partial charge in [0, 0.05) is 27.4 Å². The third-order valence-electron chi connectivity index (χ3n) is 2.64. The van der Waals surface area contributed by atoms with E-state index in [4.69, 9.17) is 13.3 Å². The summed E-state index contributed by atoms with van der Waals surface area (Å²) in [5, 5.41) is 0. The second kappa shape index (κ2) is 5.75. The number of rotatable bonds is 6. The molecule has 1 unspecified atom stereocenters. The average Bonchev–Trinajstić information content (AvgIpc) is 2.14. The van der Waals surface area contributed by atoms with Crippen molar-refractivity contribution in [1.82, 2.24) is 0 Å². The summed E-state index contributed by atoms with van der Waals surface area (Å²) in [6, 6.07) is 0.883. The van der Waals surface area contributed by atoms with Crippen LogP contribution in [-0.4, -0.2) is 30.1 Å². The van der Waals surface area contributed by atoms with Gasteiger partial charge < -0.3 is 13.3 Å². The van der Waals surface area contributed by atoms with Crippen LogP contribution in [0.5, 0.6) is 0 Å². The van der Waals surface area contributed by atoms with Crippen LogP contribution in [0.15, 0.2) is 0 Å². The largest absolute Gasteiger partial charge is 0.500 e. The van der Waals surface area contributed by atoms with Crippen LogP contribution in [0.1, 0.15) is 20.8 Å². The molecule has 3 nitrogen and oxygen atoms in total. The Morgan fingerprint density at radius 3 is 1.54 bits per heavy atom. The molecule has 0 saturated heterocycles. The van der Waals surface area contributed by atoms with Gasteiger partial charge in [-0.25, -0.2) is 0 Å². The zero-order valence-electron chi connectivity index (χ0n) is 9.59. The summed E-state index contributed by atoms with van der Waals surface area (Å²) >= 11 is 0. The molecule has 0 aliphatic carbocycles. The van der Waals surface area contributed by atoms with Crippen molar-refractivity contribution < 1.29 is 13.3 Å². The van der Waals surface area contributed by atoms with Crippen LogP contribution < -0.4 is 0 Å². The van der Waals surface area contributed by atoms with E-state index in [1.54, 1.807) is 21.3 Å². The van der Waals surface area contributed by atoms with Crippen molar-refractivity contribution in [3.63, 3.8) is 0 Å². The summed E-state index contributed by atoms with van der Waals surface area (Å²) in [7, 11) is 2.63. The Morgan fingerprint density at radius 1 is 0.923 bits per heavy atom. The molecule has 0 aromatic rings. The molecule has 0 radical (unpaired) electrons. The first-order valence-corrected chi connectivity index (χ1v) is 6.60. The minimum atomic E-state index is -2.34. The highest BCUT2D eigenvalue weighted by Crippen LogP contribution is 2.24.